The molecule has 0 aromatic rings. The van der Waals surface area contributed by atoms with Gasteiger partial charge in [-0.3, -0.25) is 4.79 Å². The number of allylic oxidation sites excluding steroid dienone is 5. The van der Waals surface area contributed by atoms with Gasteiger partial charge in [0.05, 0.1) is 32.0 Å². The Labute approximate surface area is 360 Å². The van der Waals surface area contributed by atoms with Gasteiger partial charge in [0.25, 0.3) is 0 Å². The number of unbranched alkanes of at least 4 members (excludes halogenated alkanes) is 18. The SMILES string of the molecule is CCCCCCCCCCCCCCCCCC/C=C/CC/C=C/CC/C=C/C(O)C(COC1OC(CO)C(OC2OC(CO)C(O)C(O)C2O)C(O)C1O)NC(=O)CC. The molecule has 2 aliphatic rings. The van der Waals surface area contributed by atoms with Crippen molar-refractivity contribution in [2.75, 3.05) is 19.8 Å². The van der Waals surface area contributed by atoms with Gasteiger partial charge in [0.1, 0.15) is 48.8 Å². The van der Waals surface area contributed by atoms with E-state index in [1.54, 1.807) is 13.0 Å². The molecule has 60 heavy (non-hydrogen) atoms. The third kappa shape index (κ3) is 21.5. The molecule has 0 aliphatic carbocycles. The highest BCUT2D eigenvalue weighted by Crippen LogP contribution is 2.30. The molecule has 2 heterocycles. The first-order valence-electron chi connectivity index (χ1n) is 23.2. The Morgan fingerprint density at radius 2 is 1.05 bits per heavy atom. The lowest BCUT2D eigenvalue weighted by Crippen LogP contribution is -2.65. The summed E-state index contributed by atoms with van der Waals surface area (Å²) in [5.74, 6) is -0.343. The van der Waals surface area contributed by atoms with Crippen molar-refractivity contribution in [3.05, 3.63) is 36.5 Å². The van der Waals surface area contributed by atoms with E-state index in [1.807, 2.05) is 6.08 Å². The van der Waals surface area contributed by atoms with E-state index in [-0.39, 0.29) is 18.9 Å². The van der Waals surface area contributed by atoms with Gasteiger partial charge < -0.3 is 65.1 Å². The largest absolute Gasteiger partial charge is 0.394 e. The molecule has 0 aromatic carbocycles. The Kier molecular flexibility index (Phi) is 30.5. The second kappa shape index (κ2) is 33.7. The fourth-order valence-corrected chi connectivity index (χ4v) is 7.46. The van der Waals surface area contributed by atoms with Crippen molar-refractivity contribution in [2.24, 2.45) is 0 Å². The first-order valence-corrected chi connectivity index (χ1v) is 23.2. The molecule has 0 spiro atoms. The van der Waals surface area contributed by atoms with Crippen molar-refractivity contribution in [2.45, 2.75) is 229 Å². The molecule has 2 rings (SSSR count). The Morgan fingerprint density at radius 3 is 1.57 bits per heavy atom. The van der Waals surface area contributed by atoms with Crippen LogP contribution in [-0.2, 0) is 23.7 Å². The summed E-state index contributed by atoms with van der Waals surface area (Å²) in [6.07, 6.45) is 22.0. The van der Waals surface area contributed by atoms with Gasteiger partial charge in [0.2, 0.25) is 5.91 Å². The van der Waals surface area contributed by atoms with E-state index in [0.717, 1.165) is 25.7 Å². The Balaban J connectivity index is 1.62. The van der Waals surface area contributed by atoms with Crippen molar-refractivity contribution >= 4 is 5.91 Å². The van der Waals surface area contributed by atoms with Crippen molar-refractivity contribution in [1.29, 1.82) is 0 Å². The summed E-state index contributed by atoms with van der Waals surface area (Å²) >= 11 is 0. The first-order chi connectivity index (χ1) is 29.1. The smallest absolute Gasteiger partial charge is 0.220 e. The van der Waals surface area contributed by atoms with E-state index >= 15 is 0 Å². The summed E-state index contributed by atoms with van der Waals surface area (Å²) in [4.78, 5) is 12.3. The number of aliphatic hydroxyl groups excluding tert-OH is 8. The van der Waals surface area contributed by atoms with Crippen LogP contribution in [0.2, 0.25) is 0 Å². The van der Waals surface area contributed by atoms with Crippen molar-refractivity contribution in [1.82, 2.24) is 5.32 Å². The first kappa shape index (κ1) is 54.3. The van der Waals surface area contributed by atoms with Crippen LogP contribution >= 0.6 is 0 Å². The van der Waals surface area contributed by atoms with E-state index in [0.29, 0.717) is 6.42 Å². The molecule has 0 bridgehead atoms. The molecule has 12 unspecified atom stereocenters. The maximum absolute atomic E-state index is 12.3. The molecule has 0 aromatic heterocycles. The van der Waals surface area contributed by atoms with E-state index in [9.17, 15) is 45.6 Å². The molecule has 2 saturated heterocycles. The monoisotopic (exact) mass is 858 g/mol. The molecular formula is C46H83NO13. The summed E-state index contributed by atoms with van der Waals surface area (Å²) in [6, 6.07) is -0.932. The second-order valence-corrected chi connectivity index (χ2v) is 16.5. The van der Waals surface area contributed by atoms with Crippen LogP contribution in [0.25, 0.3) is 0 Å². The van der Waals surface area contributed by atoms with Gasteiger partial charge in [0, 0.05) is 6.42 Å². The number of hydrogen-bond donors (Lipinski definition) is 9. The average molecular weight is 858 g/mol. The molecular weight excluding hydrogens is 775 g/mol. The minimum Gasteiger partial charge on any atom is -0.394 e. The number of carbonyl (C=O) groups excluding carboxylic acids is 1. The van der Waals surface area contributed by atoms with Crippen LogP contribution in [0.3, 0.4) is 0 Å². The molecule has 1 amide bonds. The number of hydrogen-bond acceptors (Lipinski definition) is 13. The van der Waals surface area contributed by atoms with Gasteiger partial charge in [0.15, 0.2) is 12.6 Å². The van der Waals surface area contributed by atoms with Gasteiger partial charge in [-0.15, -0.1) is 0 Å². The van der Waals surface area contributed by atoms with Crippen LogP contribution in [-0.4, -0.2) is 140 Å². The lowest BCUT2D eigenvalue weighted by atomic mass is 9.97. The van der Waals surface area contributed by atoms with Gasteiger partial charge in [-0.05, 0) is 38.5 Å². The summed E-state index contributed by atoms with van der Waals surface area (Å²) in [7, 11) is 0. The van der Waals surface area contributed by atoms with Crippen LogP contribution in [0.1, 0.15) is 155 Å². The summed E-state index contributed by atoms with van der Waals surface area (Å²) in [5.41, 5.74) is 0. The number of aliphatic hydroxyl groups is 8. The quantitative estimate of drug-likeness (QED) is 0.0315. The molecule has 14 heteroatoms. The molecule has 2 aliphatic heterocycles. The van der Waals surface area contributed by atoms with E-state index < -0.39 is 86.8 Å². The average Bonchev–Trinajstić information content (AvgIpc) is 3.25. The lowest BCUT2D eigenvalue weighted by molar-refractivity contribution is -0.359. The zero-order valence-corrected chi connectivity index (χ0v) is 36.7. The van der Waals surface area contributed by atoms with Crippen molar-refractivity contribution in [3.8, 4) is 0 Å². The van der Waals surface area contributed by atoms with E-state index in [1.165, 1.54) is 103 Å². The molecule has 9 N–H and O–H groups in total. The van der Waals surface area contributed by atoms with Crippen LogP contribution in [0.4, 0.5) is 0 Å². The Morgan fingerprint density at radius 1 is 0.583 bits per heavy atom. The highest BCUT2D eigenvalue weighted by Gasteiger charge is 2.50. The normalized spacial score (nSPS) is 28.6. The predicted octanol–water partition coefficient (Wildman–Crippen LogP) is 4.76. The van der Waals surface area contributed by atoms with Gasteiger partial charge in [-0.2, -0.15) is 0 Å². The molecule has 0 saturated carbocycles. The minimum absolute atomic E-state index is 0.150. The number of ether oxygens (including phenoxy) is 4. The number of amides is 1. The van der Waals surface area contributed by atoms with Crippen LogP contribution < -0.4 is 5.32 Å². The van der Waals surface area contributed by atoms with E-state index in [4.69, 9.17) is 18.9 Å². The van der Waals surface area contributed by atoms with Crippen molar-refractivity contribution < 1.29 is 64.6 Å². The third-order valence-corrected chi connectivity index (χ3v) is 11.4. The van der Waals surface area contributed by atoms with Gasteiger partial charge in [-0.1, -0.05) is 147 Å². The molecule has 14 nitrogen and oxygen atoms in total. The van der Waals surface area contributed by atoms with Crippen molar-refractivity contribution in [3.63, 3.8) is 0 Å². The summed E-state index contributed by atoms with van der Waals surface area (Å²) in [5, 5.41) is 85.3. The van der Waals surface area contributed by atoms with E-state index in [2.05, 4.69) is 36.5 Å². The summed E-state index contributed by atoms with van der Waals surface area (Å²) in [6.45, 7) is 2.18. The van der Waals surface area contributed by atoms with Gasteiger partial charge in [-0.25, -0.2) is 0 Å². The number of nitrogens with one attached hydrogen (secondary N) is 1. The topological polar surface area (TPSA) is 228 Å². The molecule has 12 atom stereocenters. The molecule has 350 valence electrons. The van der Waals surface area contributed by atoms with Crippen LogP contribution in [0, 0.1) is 0 Å². The summed E-state index contributed by atoms with van der Waals surface area (Å²) < 4.78 is 22.3. The fourth-order valence-electron chi connectivity index (χ4n) is 7.46. The third-order valence-electron chi connectivity index (χ3n) is 11.4. The standard InChI is InChI=1S/C46H83NO13/c1-3-5-6-7-8-9-10-11-12-13-14-15-16-17-18-19-20-21-22-23-24-25-26-27-28-29-30-35(50)34(47-38(51)4-2)33-57-45-43(56)41(54)44(37(32-49)59-45)60-46-42(55)40(53)39(52)36(31-48)58-46/h21-22,25-26,29-30,34-37,39-46,48-50,52-56H,3-20,23-24,27-28,31-33H2,1-2H3,(H,47,51)/b22-21+,26-25+,30-29+. The highest BCUT2D eigenvalue weighted by atomic mass is 16.7. The molecule has 0 radical (unpaired) electrons. The Bertz CT molecular complexity index is 1150. The highest BCUT2D eigenvalue weighted by molar-refractivity contribution is 5.75. The zero-order chi connectivity index (χ0) is 44.0. The lowest BCUT2D eigenvalue weighted by Gasteiger charge is -2.46. The fraction of sp³-hybridized carbons (Fsp3) is 0.848. The minimum atomic E-state index is -1.79. The second-order valence-electron chi connectivity index (χ2n) is 16.5. The number of rotatable bonds is 34. The Hall–Kier alpha value is -1.79. The van der Waals surface area contributed by atoms with Crippen LogP contribution in [0.15, 0.2) is 36.5 Å². The van der Waals surface area contributed by atoms with Crippen LogP contribution in [0.5, 0.6) is 0 Å². The maximum Gasteiger partial charge on any atom is 0.220 e. The molecule has 2 fully saturated rings. The number of carbonyl (C=O) groups is 1. The predicted molar refractivity (Wildman–Crippen MR) is 231 cm³/mol. The zero-order valence-electron chi connectivity index (χ0n) is 36.7. The van der Waals surface area contributed by atoms with Gasteiger partial charge >= 0.3 is 0 Å². The maximum atomic E-state index is 12.3.